The zero-order valence-electron chi connectivity index (χ0n) is 10.4. The van der Waals surface area contributed by atoms with Crippen LogP contribution in [0.1, 0.15) is 33.4 Å². The molecule has 0 radical (unpaired) electrons. The number of anilines is 1. The Bertz CT molecular complexity index is 507. The monoisotopic (exact) mass is 260 g/mol. The van der Waals surface area contributed by atoms with Crippen LogP contribution in [0.3, 0.4) is 0 Å². The van der Waals surface area contributed by atoms with E-state index >= 15 is 0 Å². The van der Waals surface area contributed by atoms with Crippen LogP contribution >= 0.6 is 0 Å². The molecule has 0 saturated heterocycles. The molecule has 0 spiro atoms. The Morgan fingerprint density at radius 3 is 2.47 bits per heavy atom. The van der Waals surface area contributed by atoms with Crippen LogP contribution in [-0.2, 0) is 15.4 Å². The van der Waals surface area contributed by atoms with E-state index in [1.54, 1.807) is 0 Å². The summed E-state index contributed by atoms with van der Waals surface area (Å²) in [6.45, 7) is 7.26. The molecule has 0 unspecified atom stereocenters. The average Bonchev–Trinajstić information content (AvgIpc) is 2.19. The maximum atomic E-state index is 13.4. The van der Waals surface area contributed by atoms with Crippen LogP contribution in [0.2, 0.25) is 0 Å². The highest BCUT2D eigenvalue weighted by molar-refractivity contribution is 7.92. The summed E-state index contributed by atoms with van der Waals surface area (Å²) in [6.07, 6.45) is 1.04. The number of rotatable bonds is 3. The van der Waals surface area contributed by atoms with Crippen LogP contribution in [-0.4, -0.2) is 19.2 Å². The summed E-state index contributed by atoms with van der Waals surface area (Å²) >= 11 is 0. The molecule has 1 N–H and O–H groups in total. The normalized spacial score (nSPS) is 12.5. The van der Waals surface area contributed by atoms with E-state index in [0.29, 0.717) is 5.69 Å². The van der Waals surface area contributed by atoms with Gasteiger partial charge in [0.15, 0.2) is 5.82 Å². The highest BCUT2D eigenvalue weighted by atomic mass is 32.2. The van der Waals surface area contributed by atoms with Crippen LogP contribution in [0.5, 0.6) is 0 Å². The van der Waals surface area contributed by atoms with E-state index in [-0.39, 0.29) is 16.9 Å². The SMILES string of the molecule is CCS(=O)(=O)Nc1cc(C(C)(C)C)ncc1F. The van der Waals surface area contributed by atoms with Gasteiger partial charge in [-0.15, -0.1) is 0 Å². The van der Waals surface area contributed by atoms with Crippen molar-refractivity contribution in [2.45, 2.75) is 33.1 Å². The topological polar surface area (TPSA) is 59.1 Å². The number of halogens is 1. The van der Waals surface area contributed by atoms with Crippen molar-refractivity contribution in [1.82, 2.24) is 4.98 Å². The zero-order chi connectivity index (χ0) is 13.3. The molecule has 0 atom stereocenters. The van der Waals surface area contributed by atoms with Gasteiger partial charge in [-0.2, -0.15) is 0 Å². The van der Waals surface area contributed by atoms with Crippen LogP contribution in [0, 0.1) is 5.82 Å². The molecule has 96 valence electrons. The van der Waals surface area contributed by atoms with Gasteiger partial charge in [0.05, 0.1) is 17.6 Å². The van der Waals surface area contributed by atoms with Crippen molar-refractivity contribution in [2.24, 2.45) is 0 Å². The summed E-state index contributed by atoms with van der Waals surface area (Å²) in [5.74, 6) is -0.769. The molecular weight excluding hydrogens is 243 g/mol. The Labute approximate surface area is 101 Å². The maximum absolute atomic E-state index is 13.4. The fraction of sp³-hybridized carbons (Fsp3) is 0.545. The molecule has 1 heterocycles. The van der Waals surface area contributed by atoms with Crippen LogP contribution in [0.15, 0.2) is 12.3 Å². The first-order valence-corrected chi connectivity index (χ1v) is 6.97. The van der Waals surface area contributed by atoms with E-state index in [2.05, 4.69) is 9.71 Å². The Morgan fingerprint density at radius 1 is 1.41 bits per heavy atom. The van der Waals surface area contributed by atoms with E-state index in [4.69, 9.17) is 0 Å². The van der Waals surface area contributed by atoms with E-state index < -0.39 is 15.8 Å². The van der Waals surface area contributed by atoms with Gasteiger partial charge in [-0.3, -0.25) is 9.71 Å². The molecule has 0 aliphatic rings. The fourth-order valence-electron chi connectivity index (χ4n) is 1.17. The van der Waals surface area contributed by atoms with Gasteiger partial charge in [0.25, 0.3) is 0 Å². The van der Waals surface area contributed by atoms with Gasteiger partial charge >= 0.3 is 0 Å². The molecule has 4 nitrogen and oxygen atoms in total. The number of hydrogen-bond donors (Lipinski definition) is 1. The number of pyridine rings is 1. The summed E-state index contributed by atoms with van der Waals surface area (Å²) in [7, 11) is -3.48. The molecule has 1 rings (SSSR count). The largest absolute Gasteiger partial charge is 0.280 e. The standard InChI is InChI=1S/C11H17FN2O2S/c1-5-17(15,16)14-9-6-10(11(2,3)4)13-7-8(9)12/h6-7H,5H2,1-4H3,(H,13,14). The predicted octanol–water partition coefficient (Wildman–Crippen LogP) is 2.28. The minimum absolute atomic E-state index is 0.0493. The highest BCUT2D eigenvalue weighted by Crippen LogP contribution is 2.24. The second kappa shape index (κ2) is 4.60. The van der Waals surface area contributed by atoms with Crippen molar-refractivity contribution in [3.8, 4) is 0 Å². The number of nitrogens with one attached hydrogen (secondary N) is 1. The Morgan fingerprint density at radius 2 is 2.00 bits per heavy atom. The number of sulfonamides is 1. The molecule has 0 bridgehead atoms. The van der Waals surface area contributed by atoms with E-state index in [1.807, 2.05) is 20.8 Å². The lowest BCUT2D eigenvalue weighted by molar-refractivity contribution is 0.558. The van der Waals surface area contributed by atoms with Crippen LogP contribution in [0.25, 0.3) is 0 Å². The molecule has 1 aromatic rings. The minimum Gasteiger partial charge on any atom is -0.280 e. The van der Waals surface area contributed by atoms with Crippen molar-refractivity contribution in [1.29, 1.82) is 0 Å². The summed E-state index contributed by atoms with van der Waals surface area (Å²) in [5, 5.41) is 0. The third kappa shape index (κ3) is 3.66. The number of aromatic nitrogens is 1. The molecule has 17 heavy (non-hydrogen) atoms. The average molecular weight is 260 g/mol. The van der Waals surface area contributed by atoms with E-state index in [0.717, 1.165) is 6.20 Å². The van der Waals surface area contributed by atoms with Gasteiger partial charge < -0.3 is 0 Å². The first-order valence-electron chi connectivity index (χ1n) is 5.32. The van der Waals surface area contributed by atoms with Gasteiger partial charge in [0.1, 0.15) is 0 Å². The van der Waals surface area contributed by atoms with Crippen molar-refractivity contribution >= 4 is 15.7 Å². The van der Waals surface area contributed by atoms with Crippen LogP contribution in [0.4, 0.5) is 10.1 Å². The lowest BCUT2D eigenvalue weighted by Crippen LogP contribution is -2.18. The Hall–Kier alpha value is -1.17. The molecule has 0 fully saturated rings. The smallest absolute Gasteiger partial charge is 0.232 e. The summed E-state index contributed by atoms with van der Waals surface area (Å²) < 4.78 is 38.4. The van der Waals surface area contributed by atoms with Crippen molar-refractivity contribution in [2.75, 3.05) is 10.5 Å². The zero-order valence-corrected chi connectivity index (χ0v) is 11.2. The Balaban J connectivity index is 3.17. The molecule has 0 saturated carbocycles. The highest BCUT2D eigenvalue weighted by Gasteiger charge is 2.19. The lowest BCUT2D eigenvalue weighted by Gasteiger charge is -2.18. The third-order valence-corrected chi connectivity index (χ3v) is 3.56. The third-order valence-electron chi connectivity index (χ3n) is 2.27. The minimum atomic E-state index is -3.48. The van der Waals surface area contributed by atoms with Crippen molar-refractivity contribution in [3.05, 3.63) is 23.8 Å². The molecule has 0 amide bonds. The molecular formula is C11H17FN2O2S. The fourth-order valence-corrected chi connectivity index (χ4v) is 1.80. The summed E-state index contributed by atoms with van der Waals surface area (Å²) in [6, 6.07) is 1.43. The van der Waals surface area contributed by atoms with Crippen LogP contribution < -0.4 is 4.72 Å². The van der Waals surface area contributed by atoms with E-state index in [9.17, 15) is 12.8 Å². The molecule has 1 aromatic heterocycles. The first-order chi connectivity index (χ1) is 7.65. The molecule has 0 aliphatic carbocycles. The maximum Gasteiger partial charge on any atom is 0.232 e. The van der Waals surface area contributed by atoms with E-state index in [1.165, 1.54) is 13.0 Å². The van der Waals surface area contributed by atoms with Crippen molar-refractivity contribution in [3.63, 3.8) is 0 Å². The summed E-state index contributed by atoms with van der Waals surface area (Å²) in [4.78, 5) is 3.96. The quantitative estimate of drug-likeness (QED) is 0.907. The molecule has 6 heteroatoms. The second-order valence-electron chi connectivity index (χ2n) is 4.80. The number of nitrogens with zero attached hydrogens (tertiary/aromatic N) is 1. The molecule has 0 aliphatic heterocycles. The predicted molar refractivity (Wildman–Crippen MR) is 66.0 cm³/mol. The second-order valence-corrected chi connectivity index (χ2v) is 6.82. The number of hydrogen-bond acceptors (Lipinski definition) is 3. The van der Waals surface area contributed by atoms with Gasteiger partial charge in [-0.1, -0.05) is 20.8 Å². The first kappa shape index (κ1) is 13.9. The lowest BCUT2D eigenvalue weighted by atomic mass is 9.91. The van der Waals surface area contributed by atoms with Gasteiger partial charge in [-0.25, -0.2) is 12.8 Å². The van der Waals surface area contributed by atoms with Gasteiger partial charge in [0, 0.05) is 11.1 Å². The molecule has 0 aromatic carbocycles. The Kier molecular flexibility index (Phi) is 3.76. The van der Waals surface area contributed by atoms with Gasteiger partial charge in [-0.05, 0) is 13.0 Å². The van der Waals surface area contributed by atoms with Gasteiger partial charge in [0.2, 0.25) is 10.0 Å². The van der Waals surface area contributed by atoms with Crippen molar-refractivity contribution < 1.29 is 12.8 Å². The summed E-state index contributed by atoms with van der Waals surface area (Å²) in [5.41, 5.74) is 0.319.